The SMILES string of the molecule is CCC(OC(CC)C1CC(=O)C1)C1CC(=O)C1. The molecule has 0 aromatic rings. The summed E-state index contributed by atoms with van der Waals surface area (Å²) in [6.45, 7) is 4.23. The Morgan fingerprint density at radius 1 is 0.941 bits per heavy atom. The molecule has 2 aliphatic carbocycles. The molecule has 2 fully saturated rings. The predicted molar refractivity (Wildman–Crippen MR) is 64.7 cm³/mol. The lowest BCUT2D eigenvalue weighted by molar-refractivity contribution is -0.145. The van der Waals surface area contributed by atoms with Crippen molar-refractivity contribution < 1.29 is 14.3 Å². The molecule has 0 bridgehead atoms. The number of rotatable bonds is 6. The van der Waals surface area contributed by atoms with Crippen molar-refractivity contribution in [3.05, 3.63) is 0 Å². The van der Waals surface area contributed by atoms with Crippen molar-refractivity contribution >= 4 is 11.6 Å². The van der Waals surface area contributed by atoms with Crippen molar-refractivity contribution in [2.45, 2.75) is 64.6 Å². The molecule has 0 radical (unpaired) electrons. The van der Waals surface area contributed by atoms with Crippen molar-refractivity contribution in [1.29, 1.82) is 0 Å². The molecule has 3 nitrogen and oxygen atoms in total. The molecule has 0 N–H and O–H groups in total. The van der Waals surface area contributed by atoms with E-state index >= 15 is 0 Å². The summed E-state index contributed by atoms with van der Waals surface area (Å²) < 4.78 is 6.15. The van der Waals surface area contributed by atoms with Crippen LogP contribution >= 0.6 is 0 Å². The molecule has 0 heterocycles. The average Bonchev–Trinajstić information content (AvgIpc) is 2.24. The van der Waals surface area contributed by atoms with Gasteiger partial charge in [-0.25, -0.2) is 0 Å². The maximum Gasteiger partial charge on any atom is 0.133 e. The normalized spacial score (nSPS) is 25.3. The van der Waals surface area contributed by atoms with Crippen molar-refractivity contribution in [2.75, 3.05) is 0 Å². The number of carbonyl (C=O) groups is 2. The Morgan fingerprint density at radius 2 is 1.29 bits per heavy atom. The second kappa shape index (κ2) is 5.30. The van der Waals surface area contributed by atoms with E-state index in [0.29, 0.717) is 49.1 Å². The quantitative estimate of drug-likeness (QED) is 0.714. The fraction of sp³-hybridized carbons (Fsp3) is 0.857. The van der Waals surface area contributed by atoms with Crippen LogP contribution in [0.4, 0.5) is 0 Å². The molecule has 2 rings (SSSR count). The van der Waals surface area contributed by atoms with Crippen LogP contribution in [0.5, 0.6) is 0 Å². The summed E-state index contributed by atoms with van der Waals surface area (Å²) in [5.74, 6) is 1.59. The Balaban J connectivity index is 1.83. The zero-order valence-electron chi connectivity index (χ0n) is 10.8. The van der Waals surface area contributed by atoms with Gasteiger partial charge in [0.2, 0.25) is 0 Å². The highest BCUT2D eigenvalue weighted by Crippen LogP contribution is 2.35. The fourth-order valence-corrected chi connectivity index (χ4v) is 2.88. The summed E-state index contributed by atoms with van der Waals surface area (Å²) in [7, 11) is 0. The number of ether oxygens (including phenoxy) is 1. The van der Waals surface area contributed by atoms with Crippen molar-refractivity contribution in [2.24, 2.45) is 11.8 Å². The van der Waals surface area contributed by atoms with Crippen molar-refractivity contribution in [3.8, 4) is 0 Å². The first kappa shape index (κ1) is 12.7. The topological polar surface area (TPSA) is 43.4 Å². The number of hydrogen-bond donors (Lipinski definition) is 0. The molecule has 0 saturated heterocycles. The van der Waals surface area contributed by atoms with Gasteiger partial charge in [0.05, 0.1) is 12.2 Å². The van der Waals surface area contributed by atoms with Gasteiger partial charge in [-0.2, -0.15) is 0 Å². The maximum atomic E-state index is 11.0. The van der Waals surface area contributed by atoms with Crippen LogP contribution < -0.4 is 0 Å². The van der Waals surface area contributed by atoms with E-state index in [1.54, 1.807) is 0 Å². The van der Waals surface area contributed by atoms with Crippen LogP contribution in [0.3, 0.4) is 0 Å². The van der Waals surface area contributed by atoms with Crippen LogP contribution in [0, 0.1) is 11.8 Å². The second-order valence-corrected chi connectivity index (χ2v) is 5.44. The minimum Gasteiger partial charge on any atom is -0.374 e. The lowest BCUT2D eigenvalue weighted by Gasteiger charge is -2.38. The molecule has 2 unspecified atom stereocenters. The lowest BCUT2D eigenvalue weighted by Crippen LogP contribution is -2.42. The minimum atomic E-state index is 0.216. The first-order chi connectivity index (χ1) is 8.13. The predicted octanol–water partition coefficient (Wildman–Crippen LogP) is 2.52. The minimum absolute atomic E-state index is 0.216. The monoisotopic (exact) mass is 238 g/mol. The molecule has 2 saturated carbocycles. The highest BCUT2D eigenvalue weighted by molar-refractivity contribution is 5.85. The Hall–Kier alpha value is -0.700. The Bertz CT molecular complexity index is 265. The van der Waals surface area contributed by atoms with Gasteiger partial charge in [0, 0.05) is 25.7 Å². The summed E-state index contributed by atoms with van der Waals surface area (Å²) in [6, 6.07) is 0. The summed E-state index contributed by atoms with van der Waals surface area (Å²) >= 11 is 0. The van der Waals surface area contributed by atoms with Crippen LogP contribution in [0.1, 0.15) is 52.4 Å². The van der Waals surface area contributed by atoms with Gasteiger partial charge in [-0.15, -0.1) is 0 Å². The van der Waals surface area contributed by atoms with Crippen molar-refractivity contribution in [3.63, 3.8) is 0 Å². The van der Waals surface area contributed by atoms with Gasteiger partial charge >= 0.3 is 0 Å². The van der Waals surface area contributed by atoms with Gasteiger partial charge < -0.3 is 4.74 Å². The zero-order valence-corrected chi connectivity index (χ0v) is 10.8. The Kier molecular flexibility index (Phi) is 3.97. The molecule has 2 atom stereocenters. The van der Waals surface area contributed by atoms with E-state index in [0.717, 1.165) is 12.8 Å². The molecular weight excluding hydrogens is 216 g/mol. The van der Waals surface area contributed by atoms with E-state index in [9.17, 15) is 9.59 Å². The van der Waals surface area contributed by atoms with Gasteiger partial charge in [0.1, 0.15) is 11.6 Å². The van der Waals surface area contributed by atoms with Gasteiger partial charge in [-0.3, -0.25) is 9.59 Å². The Morgan fingerprint density at radius 3 is 1.53 bits per heavy atom. The third kappa shape index (κ3) is 2.76. The smallest absolute Gasteiger partial charge is 0.133 e. The molecule has 0 amide bonds. The molecule has 17 heavy (non-hydrogen) atoms. The first-order valence-electron chi connectivity index (χ1n) is 6.82. The van der Waals surface area contributed by atoms with E-state index in [2.05, 4.69) is 13.8 Å². The summed E-state index contributed by atoms with van der Waals surface area (Å²) in [5.41, 5.74) is 0. The lowest BCUT2D eigenvalue weighted by atomic mass is 9.77. The molecule has 96 valence electrons. The summed E-state index contributed by atoms with van der Waals surface area (Å²) in [6.07, 6.45) is 5.14. The molecular formula is C14H22O3. The highest BCUT2D eigenvalue weighted by Gasteiger charge is 2.38. The fourth-order valence-electron chi connectivity index (χ4n) is 2.88. The average molecular weight is 238 g/mol. The molecule has 2 aliphatic rings. The standard InChI is InChI=1S/C14H22O3/c1-3-13(9-5-11(15)6-9)17-14(4-2)10-7-12(16)8-10/h9-10,13-14H,3-8H2,1-2H3. The number of Topliss-reactive ketones (excluding diaryl/α,β-unsaturated/α-hetero) is 2. The van der Waals surface area contributed by atoms with Gasteiger partial charge in [0.25, 0.3) is 0 Å². The van der Waals surface area contributed by atoms with Crippen LogP contribution in [-0.2, 0) is 14.3 Å². The van der Waals surface area contributed by atoms with Crippen LogP contribution in [0.15, 0.2) is 0 Å². The van der Waals surface area contributed by atoms with Gasteiger partial charge in [0.15, 0.2) is 0 Å². The molecule has 0 aromatic carbocycles. The van der Waals surface area contributed by atoms with E-state index in [4.69, 9.17) is 4.74 Å². The Labute approximate surface area is 103 Å². The van der Waals surface area contributed by atoms with E-state index in [-0.39, 0.29) is 12.2 Å². The third-order valence-electron chi connectivity index (χ3n) is 4.17. The zero-order chi connectivity index (χ0) is 12.4. The van der Waals surface area contributed by atoms with E-state index in [1.165, 1.54) is 0 Å². The number of ketones is 2. The first-order valence-corrected chi connectivity index (χ1v) is 6.82. The molecule has 0 aromatic heterocycles. The molecule has 0 spiro atoms. The number of hydrogen-bond acceptors (Lipinski definition) is 3. The van der Waals surface area contributed by atoms with E-state index < -0.39 is 0 Å². The van der Waals surface area contributed by atoms with Crippen LogP contribution in [-0.4, -0.2) is 23.8 Å². The third-order valence-corrected chi connectivity index (χ3v) is 4.17. The summed E-state index contributed by atoms with van der Waals surface area (Å²) in [4.78, 5) is 22.1. The number of carbonyl (C=O) groups excluding carboxylic acids is 2. The molecule has 3 heteroatoms. The summed E-state index contributed by atoms with van der Waals surface area (Å²) in [5, 5.41) is 0. The maximum absolute atomic E-state index is 11.0. The highest BCUT2D eigenvalue weighted by atomic mass is 16.5. The van der Waals surface area contributed by atoms with E-state index in [1.807, 2.05) is 0 Å². The van der Waals surface area contributed by atoms with Gasteiger partial charge in [-0.1, -0.05) is 13.8 Å². The second-order valence-electron chi connectivity index (χ2n) is 5.44. The van der Waals surface area contributed by atoms with Crippen LogP contribution in [0.2, 0.25) is 0 Å². The van der Waals surface area contributed by atoms with Gasteiger partial charge in [-0.05, 0) is 24.7 Å². The van der Waals surface area contributed by atoms with Crippen molar-refractivity contribution in [1.82, 2.24) is 0 Å². The largest absolute Gasteiger partial charge is 0.374 e. The van der Waals surface area contributed by atoms with Crippen LogP contribution in [0.25, 0.3) is 0 Å². The molecule has 0 aliphatic heterocycles.